The van der Waals surface area contributed by atoms with Crippen molar-refractivity contribution in [2.24, 2.45) is 5.73 Å². The van der Waals surface area contributed by atoms with Crippen molar-refractivity contribution in [3.63, 3.8) is 0 Å². The number of nitrogens with one attached hydrogen (secondary N) is 1. The second-order valence-corrected chi connectivity index (χ2v) is 3.62. The van der Waals surface area contributed by atoms with Crippen LogP contribution in [0.5, 0.6) is 0 Å². The fourth-order valence-corrected chi connectivity index (χ4v) is 1.33. The molecule has 0 aromatic heterocycles. The molecule has 3 nitrogen and oxygen atoms in total. The van der Waals surface area contributed by atoms with Gasteiger partial charge in [-0.2, -0.15) is 0 Å². The summed E-state index contributed by atoms with van der Waals surface area (Å²) in [5.74, 6) is -10.3. The maximum absolute atomic E-state index is 13.3. The third-order valence-corrected chi connectivity index (χ3v) is 2.28. The first kappa shape index (κ1) is 14.2. The summed E-state index contributed by atoms with van der Waals surface area (Å²) >= 11 is 0. The van der Waals surface area contributed by atoms with E-state index in [0.29, 0.717) is 0 Å². The molecule has 1 rings (SSSR count). The van der Waals surface area contributed by atoms with E-state index in [0.717, 1.165) is 11.9 Å². The summed E-state index contributed by atoms with van der Waals surface area (Å²) in [7, 11) is 1.14. The Kier molecular flexibility index (Phi) is 4.10. The van der Waals surface area contributed by atoms with Crippen LogP contribution in [0.25, 0.3) is 0 Å². The lowest BCUT2D eigenvalue weighted by atomic mass is 10.2. The van der Waals surface area contributed by atoms with Gasteiger partial charge in [0.1, 0.15) is 5.69 Å². The van der Waals surface area contributed by atoms with Crippen molar-refractivity contribution in [2.75, 3.05) is 18.5 Å². The van der Waals surface area contributed by atoms with Crippen LogP contribution >= 0.6 is 0 Å². The van der Waals surface area contributed by atoms with Crippen LogP contribution in [-0.4, -0.2) is 19.4 Å². The van der Waals surface area contributed by atoms with E-state index in [1.807, 2.05) is 0 Å². The summed E-state index contributed by atoms with van der Waals surface area (Å²) in [6, 6.07) is 0. The van der Waals surface area contributed by atoms with Gasteiger partial charge < -0.3 is 10.6 Å². The first-order chi connectivity index (χ1) is 8.27. The number of amidine groups is 1. The average Bonchev–Trinajstić information content (AvgIpc) is 2.31. The normalized spacial score (nSPS) is 10.6. The highest BCUT2D eigenvalue weighted by molar-refractivity contribution is 5.77. The number of hydrogen-bond donors (Lipinski definition) is 2. The molecule has 1 aromatic rings. The minimum absolute atomic E-state index is 0.0595. The van der Waals surface area contributed by atoms with Crippen molar-refractivity contribution < 1.29 is 22.0 Å². The highest BCUT2D eigenvalue weighted by atomic mass is 19.2. The molecule has 100 valence electrons. The summed E-state index contributed by atoms with van der Waals surface area (Å²) in [5.41, 5.74) is 4.01. The van der Waals surface area contributed by atoms with Gasteiger partial charge in [0.25, 0.3) is 0 Å². The molecule has 0 radical (unpaired) electrons. The number of nitrogens with zero attached hydrogens (tertiary/aromatic N) is 1. The van der Waals surface area contributed by atoms with Gasteiger partial charge in [-0.05, 0) is 0 Å². The average molecular weight is 267 g/mol. The third-order valence-electron chi connectivity index (χ3n) is 2.28. The number of rotatable bonds is 4. The standard InChI is InChI=1S/C10H10F5N3/c1-18(3-2-4(16)17)10-8(14)6(12)5(11)7(13)9(10)15/h2-3H2,1H3,(H3,16,17). The van der Waals surface area contributed by atoms with Gasteiger partial charge in [-0.15, -0.1) is 0 Å². The lowest BCUT2D eigenvalue weighted by Crippen LogP contribution is -2.26. The molecule has 0 amide bonds. The van der Waals surface area contributed by atoms with Crippen molar-refractivity contribution in [1.29, 1.82) is 5.41 Å². The molecule has 0 aliphatic rings. The predicted molar refractivity (Wildman–Crippen MR) is 56.0 cm³/mol. The van der Waals surface area contributed by atoms with Gasteiger partial charge in [-0.25, -0.2) is 22.0 Å². The molecule has 0 fully saturated rings. The smallest absolute Gasteiger partial charge is 0.200 e. The van der Waals surface area contributed by atoms with Crippen molar-refractivity contribution >= 4 is 11.5 Å². The minimum Gasteiger partial charge on any atom is -0.388 e. The second-order valence-electron chi connectivity index (χ2n) is 3.62. The van der Waals surface area contributed by atoms with E-state index in [2.05, 4.69) is 0 Å². The first-order valence-corrected chi connectivity index (χ1v) is 4.82. The van der Waals surface area contributed by atoms with Crippen molar-refractivity contribution in [1.82, 2.24) is 0 Å². The Balaban J connectivity index is 3.20. The van der Waals surface area contributed by atoms with E-state index in [1.165, 1.54) is 0 Å². The van der Waals surface area contributed by atoms with Crippen LogP contribution in [0.4, 0.5) is 27.6 Å². The van der Waals surface area contributed by atoms with Crippen LogP contribution in [0.15, 0.2) is 0 Å². The molecule has 0 heterocycles. The molecule has 0 aliphatic carbocycles. The van der Waals surface area contributed by atoms with Gasteiger partial charge >= 0.3 is 0 Å². The summed E-state index contributed by atoms with van der Waals surface area (Å²) < 4.78 is 65.2. The molecule has 0 unspecified atom stereocenters. The topological polar surface area (TPSA) is 53.1 Å². The van der Waals surface area contributed by atoms with Crippen LogP contribution in [0.1, 0.15) is 6.42 Å². The zero-order valence-corrected chi connectivity index (χ0v) is 9.33. The van der Waals surface area contributed by atoms with Crippen molar-refractivity contribution in [3.8, 4) is 0 Å². The molecule has 8 heteroatoms. The van der Waals surface area contributed by atoms with Crippen LogP contribution in [0, 0.1) is 34.5 Å². The van der Waals surface area contributed by atoms with Crippen LogP contribution in [0.2, 0.25) is 0 Å². The zero-order valence-electron chi connectivity index (χ0n) is 9.33. The lowest BCUT2D eigenvalue weighted by molar-refractivity contribution is 0.379. The maximum Gasteiger partial charge on any atom is 0.200 e. The van der Waals surface area contributed by atoms with Gasteiger partial charge in [-0.1, -0.05) is 0 Å². The number of nitrogens with two attached hydrogens (primary N) is 1. The molecule has 0 atom stereocenters. The van der Waals surface area contributed by atoms with Crippen molar-refractivity contribution in [3.05, 3.63) is 29.1 Å². The predicted octanol–water partition coefficient (Wildman–Crippen LogP) is 2.14. The quantitative estimate of drug-likeness (QED) is 0.289. The molecule has 0 aliphatic heterocycles. The molecule has 0 saturated heterocycles. The van der Waals surface area contributed by atoms with Gasteiger partial charge in [0.05, 0.1) is 5.84 Å². The highest BCUT2D eigenvalue weighted by Crippen LogP contribution is 2.29. The van der Waals surface area contributed by atoms with Gasteiger partial charge in [0, 0.05) is 20.0 Å². The summed E-state index contributed by atoms with van der Waals surface area (Å²) in [6.07, 6.45) is -0.0595. The van der Waals surface area contributed by atoms with E-state index in [9.17, 15) is 22.0 Å². The van der Waals surface area contributed by atoms with Crippen LogP contribution in [0.3, 0.4) is 0 Å². The van der Waals surface area contributed by atoms with Gasteiger partial charge in [0.15, 0.2) is 23.3 Å². The molecular weight excluding hydrogens is 257 g/mol. The van der Waals surface area contributed by atoms with E-state index in [-0.39, 0.29) is 18.8 Å². The molecule has 18 heavy (non-hydrogen) atoms. The number of anilines is 1. The minimum atomic E-state index is -2.20. The lowest BCUT2D eigenvalue weighted by Gasteiger charge is -2.20. The molecule has 1 aromatic carbocycles. The molecule has 0 saturated carbocycles. The largest absolute Gasteiger partial charge is 0.388 e. The summed E-state index contributed by atoms with van der Waals surface area (Å²) in [5, 5.41) is 6.93. The fraction of sp³-hybridized carbons (Fsp3) is 0.300. The number of hydrogen-bond acceptors (Lipinski definition) is 2. The molecule has 0 bridgehead atoms. The number of halogens is 5. The Bertz CT molecular complexity index is 460. The Hall–Kier alpha value is -1.86. The molecule has 0 spiro atoms. The molecular formula is C10H10F5N3. The van der Waals surface area contributed by atoms with E-state index in [1.54, 1.807) is 0 Å². The van der Waals surface area contributed by atoms with E-state index < -0.39 is 34.8 Å². The van der Waals surface area contributed by atoms with Gasteiger partial charge in [0.2, 0.25) is 5.82 Å². The Morgan fingerprint density at radius 1 is 1.00 bits per heavy atom. The Morgan fingerprint density at radius 2 is 1.39 bits per heavy atom. The zero-order chi connectivity index (χ0) is 14.0. The second kappa shape index (κ2) is 5.19. The Morgan fingerprint density at radius 3 is 1.78 bits per heavy atom. The summed E-state index contributed by atoms with van der Waals surface area (Å²) in [4.78, 5) is 0.817. The number of benzene rings is 1. The highest BCUT2D eigenvalue weighted by Gasteiger charge is 2.27. The third kappa shape index (κ3) is 2.52. The Labute approximate surface area is 99.5 Å². The van der Waals surface area contributed by atoms with Crippen LogP contribution in [-0.2, 0) is 0 Å². The van der Waals surface area contributed by atoms with Crippen molar-refractivity contribution in [2.45, 2.75) is 6.42 Å². The monoisotopic (exact) mass is 267 g/mol. The first-order valence-electron chi connectivity index (χ1n) is 4.82. The SMILES string of the molecule is CN(CCC(=N)N)c1c(F)c(F)c(F)c(F)c1F. The molecule has 3 N–H and O–H groups in total. The van der Waals surface area contributed by atoms with E-state index in [4.69, 9.17) is 11.1 Å². The summed E-state index contributed by atoms with van der Waals surface area (Å²) in [6.45, 7) is -0.145. The van der Waals surface area contributed by atoms with E-state index >= 15 is 0 Å². The fourth-order valence-electron chi connectivity index (χ4n) is 1.33. The van der Waals surface area contributed by atoms with Gasteiger partial charge in [-0.3, -0.25) is 5.41 Å². The maximum atomic E-state index is 13.3. The van der Waals surface area contributed by atoms with Crippen LogP contribution < -0.4 is 10.6 Å².